The highest BCUT2D eigenvalue weighted by Gasteiger charge is 2.15. The van der Waals surface area contributed by atoms with Crippen molar-refractivity contribution in [3.63, 3.8) is 0 Å². The second kappa shape index (κ2) is 6.44. The van der Waals surface area contributed by atoms with E-state index >= 15 is 0 Å². The smallest absolute Gasteiger partial charge is 0.356 e. The molecule has 0 fully saturated rings. The maximum atomic E-state index is 11.1. The van der Waals surface area contributed by atoms with Gasteiger partial charge < -0.3 is 5.11 Å². The van der Waals surface area contributed by atoms with Gasteiger partial charge in [-0.25, -0.2) is 9.78 Å². The summed E-state index contributed by atoms with van der Waals surface area (Å²) in [6.07, 6.45) is 7.07. The normalized spacial score (nSPS) is 14.7. The van der Waals surface area contributed by atoms with E-state index in [0.29, 0.717) is 6.54 Å². The lowest BCUT2D eigenvalue weighted by atomic mass is 10.0. The van der Waals surface area contributed by atoms with Crippen molar-refractivity contribution < 1.29 is 9.90 Å². The van der Waals surface area contributed by atoms with E-state index in [1.807, 2.05) is 19.1 Å². The number of carboxylic acids is 1. The van der Waals surface area contributed by atoms with Crippen LogP contribution in [-0.4, -0.2) is 25.8 Å². The molecule has 2 heterocycles. The van der Waals surface area contributed by atoms with Gasteiger partial charge in [0.1, 0.15) is 5.01 Å². The van der Waals surface area contributed by atoms with Gasteiger partial charge in [-0.2, -0.15) is 5.10 Å². The summed E-state index contributed by atoms with van der Waals surface area (Å²) in [5.74, 6) is -1.000. The molecule has 0 atom stereocenters. The number of aryl methyl sites for hydroxylation is 1. The Kier molecular flexibility index (Phi) is 4.13. The predicted octanol–water partition coefficient (Wildman–Crippen LogP) is 4.51. The zero-order valence-corrected chi connectivity index (χ0v) is 14.8. The lowest BCUT2D eigenvalue weighted by Gasteiger charge is -2.09. The van der Waals surface area contributed by atoms with Crippen molar-refractivity contribution in [1.82, 2.24) is 14.8 Å². The minimum absolute atomic E-state index is 0.0796. The van der Waals surface area contributed by atoms with Crippen molar-refractivity contribution in [2.45, 2.75) is 39.2 Å². The summed E-state index contributed by atoms with van der Waals surface area (Å²) in [6.45, 7) is 2.40. The van der Waals surface area contributed by atoms with Crippen LogP contribution in [0, 0.1) is 6.92 Å². The second-order valence-electron chi connectivity index (χ2n) is 6.39. The molecule has 6 heteroatoms. The Morgan fingerprint density at radius 1 is 1.36 bits per heavy atom. The molecule has 0 aliphatic heterocycles. The molecule has 1 aliphatic carbocycles. The number of nitrogens with zero attached hydrogens (tertiary/aromatic N) is 3. The molecule has 0 unspecified atom stereocenters. The summed E-state index contributed by atoms with van der Waals surface area (Å²) in [7, 11) is 0. The van der Waals surface area contributed by atoms with Gasteiger partial charge in [0.25, 0.3) is 0 Å². The summed E-state index contributed by atoms with van der Waals surface area (Å²) < 4.78 is 2.90. The van der Waals surface area contributed by atoms with Gasteiger partial charge in [0.2, 0.25) is 0 Å². The van der Waals surface area contributed by atoms with Gasteiger partial charge in [0.05, 0.1) is 16.8 Å². The van der Waals surface area contributed by atoms with Crippen LogP contribution in [-0.2, 0) is 6.54 Å². The highest BCUT2D eigenvalue weighted by Crippen LogP contribution is 2.34. The van der Waals surface area contributed by atoms with E-state index in [4.69, 9.17) is 10.1 Å². The average Bonchev–Trinajstić information content (AvgIpc) is 3.21. The molecule has 3 aromatic rings. The van der Waals surface area contributed by atoms with Gasteiger partial charge in [-0.15, -0.1) is 11.3 Å². The fourth-order valence-electron chi connectivity index (χ4n) is 3.24. The lowest BCUT2D eigenvalue weighted by Crippen LogP contribution is -2.06. The monoisotopic (exact) mass is 353 g/mol. The average molecular weight is 353 g/mol. The van der Waals surface area contributed by atoms with Crippen LogP contribution in [0.1, 0.15) is 52.4 Å². The molecular formula is C19H19N3O2S. The molecule has 128 valence electrons. The number of allylic oxidation sites excluding steroid dienone is 2. The number of para-hydroxylation sites is 1. The number of aromatic nitrogens is 3. The fraction of sp³-hybridized carbons (Fsp3) is 0.316. The predicted molar refractivity (Wildman–Crippen MR) is 99.1 cm³/mol. The molecule has 0 saturated carbocycles. The Labute approximate surface area is 149 Å². The number of thiazole rings is 1. The Hall–Kier alpha value is -2.47. The van der Waals surface area contributed by atoms with Gasteiger partial charge in [0, 0.05) is 11.3 Å². The Bertz CT molecular complexity index is 984. The lowest BCUT2D eigenvalue weighted by molar-refractivity contribution is 0.0689. The highest BCUT2D eigenvalue weighted by atomic mass is 32.1. The highest BCUT2D eigenvalue weighted by molar-refractivity contribution is 7.19. The number of benzene rings is 1. The number of fused-ring (bicyclic) bond motifs is 1. The van der Waals surface area contributed by atoms with Crippen molar-refractivity contribution in [1.29, 1.82) is 0 Å². The Balaban J connectivity index is 1.71. The number of rotatable bonds is 4. The Morgan fingerprint density at radius 2 is 2.24 bits per heavy atom. The third kappa shape index (κ3) is 3.09. The molecule has 1 aliphatic rings. The van der Waals surface area contributed by atoms with Gasteiger partial charge >= 0.3 is 5.97 Å². The molecule has 5 nitrogen and oxygen atoms in total. The van der Waals surface area contributed by atoms with Crippen LogP contribution in [0.25, 0.3) is 15.8 Å². The van der Waals surface area contributed by atoms with Crippen molar-refractivity contribution in [3.8, 4) is 0 Å². The Morgan fingerprint density at radius 3 is 2.96 bits per heavy atom. The van der Waals surface area contributed by atoms with Crippen molar-refractivity contribution in [2.75, 3.05) is 0 Å². The number of hydrogen-bond donors (Lipinski definition) is 1. The molecule has 0 radical (unpaired) electrons. The zero-order chi connectivity index (χ0) is 17.4. The van der Waals surface area contributed by atoms with Crippen molar-refractivity contribution in [3.05, 3.63) is 52.3 Å². The number of hydrogen-bond acceptors (Lipinski definition) is 4. The summed E-state index contributed by atoms with van der Waals surface area (Å²) in [6, 6.07) is 7.78. The molecule has 1 N–H and O–H groups in total. The summed E-state index contributed by atoms with van der Waals surface area (Å²) in [4.78, 5) is 16.0. The van der Waals surface area contributed by atoms with Gasteiger partial charge in [-0.1, -0.05) is 18.2 Å². The summed E-state index contributed by atoms with van der Waals surface area (Å²) in [5, 5.41) is 14.4. The van der Waals surface area contributed by atoms with Gasteiger partial charge in [-0.05, 0) is 50.3 Å². The van der Waals surface area contributed by atoms with E-state index in [2.05, 4.69) is 17.2 Å². The molecule has 0 spiro atoms. The van der Waals surface area contributed by atoms with Crippen LogP contribution >= 0.6 is 11.3 Å². The van der Waals surface area contributed by atoms with E-state index < -0.39 is 5.97 Å². The molecule has 0 amide bonds. The van der Waals surface area contributed by atoms with Crippen LogP contribution in [0.3, 0.4) is 0 Å². The van der Waals surface area contributed by atoms with Crippen LogP contribution in [0.4, 0.5) is 0 Å². The minimum atomic E-state index is -1.000. The largest absolute Gasteiger partial charge is 0.476 e. The van der Waals surface area contributed by atoms with Crippen LogP contribution in [0.2, 0.25) is 0 Å². The van der Waals surface area contributed by atoms with Crippen LogP contribution in [0.5, 0.6) is 0 Å². The first-order valence-corrected chi connectivity index (χ1v) is 9.29. The van der Waals surface area contributed by atoms with E-state index in [0.717, 1.165) is 34.6 Å². The standard InChI is InChI=1S/C19H19N3O2S/c1-12-10-15(19(23)24)21-22(12)11-14-8-5-9-16-17(14)20-18(25-16)13-6-3-2-4-7-13/h5-6,8-10H,2-4,7,11H2,1H3,(H,23,24). The quantitative estimate of drug-likeness (QED) is 0.749. The molecule has 25 heavy (non-hydrogen) atoms. The maximum absolute atomic E-state index is 11.1. The number of aromatic carboxylic acids is 1. The first-order valence-electron chi connectivity index (χ1n) is 8.47. The SMILES string of the molecule is Cc1cc(C(=O)O)nn1Cc1cccc2sc(C3=CCCCC3)nc12. The topological polar surface area (TPSA) is 68.0 Å². The molecule has 4 rings (SSSR count). The summed E-state index contributed by atoms with van der Waals surface area (Å²) in [5.41, 5.74) is 4.35. The number of carboxylic acid groups (broad SMARTS) is 1. The minimum Gasteiger partial charge on any atom is -0.476 e. The van der Waals surface area contributed by atoms with Gasteiger partial charge in [-0.3, -0.25) is 4.68 Å². The maximum Gasteiger partial charge on any atom is 0.356 e. The van der Waals surface area contributed by atoms with E-state index in [1.54, 1.807) is 22.1 Å². The second-order valence-corrected chi connectivity index (χ2v) is 7.42. The molecule has 0 saturated heterocycles. The van der Waals surface area contributed by atoms with Crippen molar-refractivity contribution >= 4 is 33.1 Å². The van der Waals surface area contributed by atoms with Crippen molar-refractivity contribution in [2.24, 2.45) is 0 Å². The fourth-order valence-corrected chi connectivity index (χ4v) is 4.32. The van der Waals surface area contributed by atoms with Gasteiger partial charge in [0.15, 0.2) is 5.69 Å². The summed E-state index contributed by atoms with van der Waals surface area (Å²) >= 11 is 1.74. The first kappa shape index (κ1) is 16.0. The third-order valence-corrected chi connectivity index (χ3v) is 5.68. The van der Waals surface area contributed by atoms with E-state index in [-0.39, 0.29) is 5.69 Å². The molecule has 2 aromatic heterocycles. The zero-order valence-electron chi connectivity index (χ0n) is 14.0. The first-order chi connectivity index (χ1) is 12.1. The molecular weight excluding hydrogens is 334 g/mol. The van der Waals surface area contributed by atoms with E-state index in [9.17, 15) is 4.79 Å². The van der Waals surface area contributed by atoms with Crippen LogP contribution < -0.4 is 0 Å². The number of carbonyl (C=O) groups is 1. The van der Waals surface area contributed by atoms with Crippen LogP contribution in [0.15, 0.2) is 30.3 Å². The molecule has 0 bridgehead atoms. The van der Waals surface area contributed by atoms with E-state index in [1.165, 1.54) is 23.1 Å². The third-order valence-electron chi connectivity index (χ3n) is 4.59. The molecule has 1 aromatic carbocycles.